The van der Waals surface area contributed by atoms with E-state index in [2.05, 4.69) is 50.4 Å². The highest BCUT2D eigenvalue weighted by Crippen LogP contribution is 2.39. The van der Waals surface area contributed by atoms with Gasteiger partial charge in [-0.3, -0.25) is 4.79 Å². The van der Waals surface area contributed by atoms with Crippen molar-refractivity contribution in [2.24, 2.45) is 23.2 Å². The van der Waals surface area contributed by atoms with E-state index in [4.69, 9.17) is 14.8 Å². The van der Waals surface area contributed by atoms with Crippen LogP contribution in [0, 0.1) is 23.2 Å². The summed E-state index contributed by atoms with van der Waals surface area (Å²) in [5, 5.41) is 12.5. The molecule has 192 valence electrons. The van der Waals surface area contributed by atoms with Crippen LogP contribution in [0.15, 0.2) is 29.6 Å². The van der Waals surface area contributed by atoms with Crippen molar-refractivity contribution in [2.45, 2.75) is 104 Å². The lowest BCUT2D eigenvalue weighted by Gasteiger charge is -2.36. The minimum atomic E-state index is -0.672. The average Bonchev–Trinajstić information content (AvgIpc) is 3.52. The molecule has 4 rings (SSSR count). The number of aryl methyl sites for hydroxylation is 1. The lowest BCUT2D eigenvalue weighted by Crippen LogP contribution is -2.30. The number of carbonyl (C=O) groups is 1. The van der Waals surface area contributed by atoms with Crippen LogP contribution in [0.2, 0.25) is 0 Å². The molecule has 1 aromatic heterocycles. The van der Waals surface area contributed by atoms with Crippen molar-refractivity contribution in [1.82, 2.24) is 4.98 Å². The van der Waals surface area contributed by atoms with Crippen molar-refractivity contribution in [3.63, 3.8) is 0 Å². The first-order valence-electron chi connectivity index (χ1n) is 13.7. The number of hydrogen-bond acceptors (Lipinski definition) is 4. The number of nitrogens with zero attached hydrogens (tertiary/aromatic N) is 1. The zero-order valence-electron chi connectivity index (χ0n) is 21.8. The molecule has 2 fully saturated rings. The molecule has 1 unspecified atom stereocenters. The maximum absolute atomic E-state index is 11.1. The molecule has 1 atom stereocenters. The summed E-state index contributed by atoms with van der Waals surface area (Å²) in [7, 11) is 0. The third-order valence-corrected chi connectivity index (χ3v) is 9.34. The highest BCUT2D eigenvalue weighted by Gasteiger charge is 2.30. The van der Waals surface area contributed by atoms with Crippen molar-refractivity contribution in [2.75, 3.05) is 0 Å². The van der Waals surface area contributed by atoms with Gasteiger partial charge in [0.2, 0.25) is 0 Å². The summed E-state index contributed by atoms with van der Waals surface area (Å²) in [4.78, 5) is 16.0. The van der Waals surface area contributed by atoms with E-state index in [1.54, 1.807) is 11.3 Å². The number of aromatic nitrogens is 1. The third kappa shape index (κ3) is 7.55. The van der Waals surface area contributed by atoms with Gasteiger partial charge in [0.1, 0.15) is 5.75 Å². The van der Waals surface area contributed by atoms with Crippen molar-refractivity contribution >= 4 is 17.3 Å². The number of aliphatic carboxylic acids is 1. The van der Waals surface area contributed by atoms with Crippen molar-refractivity contribution in [1.29, 1.82) is 0 Å². The topological polar surface area (TPSA) is 59.4 Å². The standard InChI is InChI=1S/C30H43NO3S/c1-30(2,3)24-12-16-26(17-13-24)34-25-14-8-23(9-15-25)27-20-35-28(31-27)18-10-22(11-19-29(32)33)21-6-4-5-7-21/h8-9,14-15,20-22,24,26H,4-7,10-13,16-19H2,1-3H3,(H,32,33). The van der Waals surface area contributed by atoms with Crippen molar-refractivity contribution in [3.05, 3.63) is 34.7 Å². The van der Waals surface area contributed by atoms with E-state index >= 15 is 0 Å². The lowest BCUT2D eigenvalue weighted by atomic mass is 9.72. The number of thiazole rings is 1. The molecule has 4 nitrogen and oxygen atoms in total. The lowest BCUT2D eigenvalue weighted by molar-refractivity contribution is -0.137. The fourth-order valence-corrected chi connectivity index (χ4v) is 6.99. The Hall–Kier alpha value is -1.88. The summed E-state index contributed by atoms with van der Waals surface area (Å²) < 4.78 is 6.31. The van der Waals surface area contributed by atoms with Crippen LogP contribution in [0.1, 0.15) is 96.4 Å². The van der Waals surface area contributed by atoms with Crippen molar-refractivity contribution in [3.8, 4) is 17.0 Å². The van der Waals surface area contributed by atoms with Crippen molar-refractivity contribution < 1.29 is 14.6 Å². The van der Waals surface area contributed by atoms with Gasteiger partial charge in [0, 0.05) is 17.4 Å². The van der Waals surface area contributed by atoms with Gasteiger partial charge in [0.25, 0.3) is 0 Å². The summed E-state index contributed by atoms with van der Waals surface area (Å²) in [6.45, 7) is 7.07. The Kier molecular flexibility index (Phi) is 8.91. The Morgan fingerprint density at radius 2 is 1.74 bits per heavy atom. The highest BCUT2D eigenvalue weighted by molar-refractivity contribution is 7.09. The molecule has 5 heteroatoms. The molecule has 2 saturated carbocycles. The van der Waals surface area contributed by atoms with Crippen LogP contribution < -0.4 is 4.74 Å². The van der Waals surface area contributed by atoms with E-state index in [1.165, 1.54) is 38.5 Å². The minimum absolute atomic E-state index is 0.288. The van der Waals surface area contributed by atoms with Crippen LogP contribution in [0.3, 0.4) is 0 Å². The molecule has 0 saturated heterocycles. The molecule has 2 aliphatic rings. The van der Waals surface area contributed by atoms with Gasteiger partial charge in [-0.05, 0) is 92.4 Å². The van der Waals surface area contributed by atoms with Crippen LogP contribution >= 0.6 is 11.3 Å². The molecule has 1 N–H and O–H groups in total. The molecule has 0 bridgehead atoms. The van der Waals surface area contributed by atoms with Crippen LogP contribution in [-0.2, 0) is 11.2 Å². The van der Waals surface area contributed by atoms with Crippen LogP contribution in [0.25, 0.3) is 11.3 Å². The second-order valence-corrected chi connectivity index (χ2v) is 12.8. The summed E-state index contributed by atoms with van der Waals surface area (Å²) in [5.41, 5.74) is 2.56. The fourth-order valence-electron chi connectivity index (χ4n) is 6.16. The molecule has 2 aromatic rings. The zero-order chi connectivity index (χ0) is 24.8. The maximum Gasteiger partial charge on any atom is 0.303 e. The molecule has 0 aliphatic heterocycles. The number of carboxylic acid groups (broad SMARTS) is 1. The normalized spacial score (nSPS) is 22.3. The third-order valence-electron chi connectivity index (χ3n) is 8.43. The van der Waals surface area contributed by atoms with Gasteiger partial charge in [-0.15, -0.1) is 11.3 Å². The van der Waals surface area contributed by atoms with E-state index in [0.717, 1.165) is 60.0 Å². The zero-order valence-corrected chi connectivity index (χ0v) is 22.6. The van der Waals surface area contributed by atoms with Gasteiger partial charge in [0.05, 0.1) is 16.8 Å². The quantitative estimate of drug-likeness (QED) is 0.358. The number of hydrogen-bond donors (Lipinski definition) is 1. The molecular formula is C30H43NO3S. The van der Waals surface area contributed by atoms with Crippen LogP contribution in [0.4, 0.5) is 0 Å². The Morgan fingerprint density at radius 1 is 1.06 bits per heavy atom. The Balaban J connectivity index is 1.28. The van der Waals surface area contributed by atoms with Gasteiger partial charge < -0.3 is 9.84 Å². The summed E-state index contributed by atoms with van der Waals surface area (Å²) in [6, 6.07) is 8.44. The number of carboxylic acids is 1. The first-order valence-corrected chi connectivity index (χ1v) is 14.6. The maximum atomic E-state index is 11.1. The summed E-state index contributed by atoms with van der Waals surface area (Å²) in [6.07, 6.45) is 13.4. The second-order valence-electron chi connectivity index (χ2n) is 11.9. The predicted octanol–water partition coefficient (Wildman–Crippen LogP) is 8.40. The Bertz CT molecular complexity index is 931. The van der Waals surface area contributed by atoms with E-state index in [0.29, 0.717) is 23.4 Å². The van der Waals surface area contributed by atoms with Gasteiger partial charge in [-0.25, -0.2) is 4.98 Å². The van der Waals surface area contributed by atoms with E-state index in [-0.39, 0.29) is 6.42 Å². The Labute approximate surface area is 215 Å². The molecule has 2 aliphatic carbocycles. The summed E-state index contributed by atoms with van der Waals surface area (Å²) >= 11 is 1.73. The largest absolute Gasteiger partial charge is 0.490 e. The fraction of sp³-hybridized carbons (Fsp3) is 0.667. The molecule has 0 radical (unpaired) electrons. The van der Waals surface area contributed by atoms with E-state index in [9.17, 15) is 4.79 Å². The second kappa shape index (κ2) is 11.9. The number of rotatable bonds is 10. The van der Waals surface area contributed by atoms with E-state index < -0.39 is 5.97 Å². The SMILES string of the molecule is CC(C)(C)C1CCC(Oc2ccc(-c3csc(CCC(CCC(=O)O)C4CCCC4)n3)cc2)CC1. The number of ether oxygens (including phenoxy) is 1. The molecule has 35 heavy (non-hydrogen) atoms. The van der Waals surface area contributed by atoms with Gasteiger partial charge in [0.15, 0.2) is 0 Å². The minimum Gasteiger partial charge on any atom is -0.490 e. The number of benzene rings is 1. The molecular weight excluding hydrogens is 454 g/mol. The molecule has 0 spiro atoms. The smallest absolute Gasteiger partial charge is 0.303 e. The van der Waals surface area contributed by atoms with Crippen LogP contribution in [-0.4, -0.2) is 22.2 Å². The Morgan fingerprint density at radius 3 is 2.37 bits per heavy atom. The predicted molar refractivity (Wildman–Crippen MR) is 144 cm³/mol. The van der Waals surface area contributed by atoms with Gasteiger partial charge >= 0.3 is 5.97 Å². The van der Waals surface area contributed by atoms with Gasteiger partial charge in [-0.2, -0.15) is 0 Å². The van der Waals surface area contributed by atoms with Crippen LogP contribution in [0.5, 0.6) is 5.75 Å². The first-order chi connectivity index (χ1) is 16.8. The molecule has 0 amide bonds. The monoisotopic (exact) mass is 497 g/mol. The molecule has 1 heterocycles. The highest BCUT2D eigenvalue weighted by atomic mass is 32.1. The first kappa shape index (κ1) is 26.2. The van der Waals surface area contributed by atoms with E-state index in [1.807, 2.05) is 0 Å². The summed E-state index contributed by atoms with van der Waals surface area (Å²) in [5.74, 6) is 2.30. The van der Waals surface area contributed by atoms with Gasteiger partial charge in [-0.1, -0.05) is 46.5 Å². The average molecular weight is 498 g/mol. The molecule has 1 aromatic carbocycles.